The Labute approximate surface area is 132 Å². The maximum atomic E-state index is 12.6. The molecule has 0 aliphatic heterocycles. The SMILES string of the molecule is COCCCN(C)C(=O)/C=C/c1cc(C(F)(F)F)ccc1Cl. The van der Waals surface area contributed by atoms with E-state index in [4.69, 9.17) is 16.3 Å². The van der Waals surface area contributed by atoms with Gasteiger partial charge in [-0.1, -0.05) is 11.6 Å². The smallest absolute Gasteiger partial charge is 0.385 e. The number of carbonyl (C=O) groups is 1. The van der Waals surface area contributed by atoms with Crippen LogP contribution in [0.3, 0.4) is 0 Å². The van der Waals surface area contributed by atoms with Gasteiger partial charge in [-0.05, 0) is 36.3 Å². The van der Waals surface area contributed by atoms with E-state index in [1.807, 2.05) is 0 Å². The number of nitrogens with zero attached hydrogens (tertiary/aromatic N) is 1. The summed E-state index contributed by atoms with van der Waals surface area (Å²) in [5.74, 6) is -0.315. The molecule has 1 rings (SSSR count). The predicted molar refractivity (Wildman–Crippen MR) is 79.6 cm³/mol. The Balaban J connectivity index is 2.79. The Bertz CT molecular complexity index is 544. The standard InChI is InChI=1S/C15H17ClF3NO2/c1-20(8-3-9-22-2)14(21)7-4-11-10-12(15(17,18)19)5-6-13(11)16/h4-7,10H,3,8-9H2,1-2H3/b7-4+. The lowest BCUT2D eigenvalue weighted by atomic mass is 10.1. The zero-order valence-electron chi connectivity index (χ0n) is 12.3. The molecule has 0 radical (unpaired) electrons. The molecule has 122 valence electrons. The van der Waals surface area contributed by atoms with Gasteiger partial charge in [0.05, 0.1) is 5.56 Å². The van der Waals surface area contributed by atoms with Gasteiger partial charge in [0.25, 0.3) is 0 Å². The molecule has 0 aliphatic rings. The van der Waals surface area contributed by atoms with Crippen LogP contribution >= 0.6 is 11.6 Å². The number of likely N-dealkylation sites (N-methyl/N-ethyl adjacent to an activating group) is 1. The molecule has 22 heavy (non-hydrogen) atoms. The van der Waals surface area contributed by atoms with Gasteiger partial charge in [-0.25, -0.2) is 0 Å². The molecule has 0 spiro atoms. The third-order valence-electron chi connectivity index (χ3n) is 2.95. The molecule has 7 heteroatoms. The van der Waals surface area contributed by atoms with E-state index in [9.17, 15) is 18.0 Å². The number of hydrogen-bond donors (Lipinski definition) is 0. The summed E-state index contributed by atoms with van der Waals surface area (Å²) in [6.45, 7) is 1.02. The van der Waals surface area contributed by atoms with Gasteiger partial charge in [0.2, 0.25) is 5.91 Å². The minimum absolute atomic E-state index is 0.148. The molecule has 0 heterocycles. The average Bonchev–Trinajstić information content (AvgIpc) is 2.45. The Hall–Kier alpha value is -1.53. The summed E-state index contributed by atoms with van der Waals surface area (Å²) >= 11 is 5.85. The van der Waals surface area contributed by atoms with E-state index >= 15 is 0 Å². The first-order valence-electron chi connectivity index (χ1n) is 6.54. The topological polar surface area (TPSA) is 29.5 Å². The van der Waals surface area contributed by atoms with Crippen molar-refractivity contribution in [2.75, 3.05) is 27.3 Å². The molecular formula is C15H17ClF3NO2. The van der Waals surface area contributed by atoms with Crippen molar-refractivity contribution >= 4 is 23.6 Å². The minimum Gasteiger partial charge on any atom is -0.385 e. The molecule has 0 saturated carbocycles. The van der Waals surface area contributed by atoms with Gasteiger partial charge >= 0.3 is 6.18 Å². The van der Waals surface area contributed by atoms with Gasteiger partial charge in [0, 0.05) is 38.4 Å². The maximum absolute atomic E-state index is 12.6. The first-order valence-corrected chi connectivity index (χ1v) is 6.92. The van der Waals surface area contributed by atoms with Gasteiger partial charge in [-0.2, -0.15) is 13.2 Å². The predicted octanol–water partition coefficient (Wildman–Crippen LogP) is 3.87. The van der Waals surface area contributed by atoms with Gasteiger partial charge in [0.1, 0.15) is 0 Å². The molecular weight excluding hydrogens is 319 g/mol. The lowest BCUT2D eigenvalue weighted by molar-refractivity contribution is -0.137. The van der Waals surface area contributed by atoms with E-state index in [-0.39, 0.29) is 16.5 Å². The number of ether oxygens (including phenoxy) is 1. The summed E-state index contributed by atoms with van der Waals surface area (Å²) in [5.41, 5.74) is -0.660. The zero-order valence-corrected chi connectivity index (χ0v) is 13.0. The van der Waals surface area contributed by atoms with E-state index in [1.54, 1.807) is 14.2 Å². The average molecular weight is 336 g/mol. The Morgan fingerprint density at radius 3 is 2.68 bits per heavy atom. The molecule has 0 N–H and O–H groups in total. The molecule has 0 atom stereocenters. The van der Waals surface area contributed by atoms with E-state index in [0.29, 0.717) is 19.6 Å². The number of benzene rings is 1. The van der Waals surface area contributed by atoms with Crippen LogP contribution in [0.25, 0.3) is 6.08 Å². The molecule has 1 amide bonds. The Kier molecular flexibility index (Phi) is 6.90. The minimum atomic E-state index is -4.45. The highest BCUT2D eigenvalue weighted by Gasteiger charge is 2.30. The van der Waals surface area contributed by atoms with Crippen LogP contribution in [-0.4, -0.2) is 38.1 Å². The number of rotatable bonds is 6. The molecule has 0 unspecified atom stereocenters. The normalized spacial score (nSPS) is 11.9. The number of carbonyl (C=O) groups excluding carboxylic acids is 1. The molecule has 1 aromatic rings. The van der Waals surface area contributed by atoms with Crippen LogP contribution in [0.15, 0.2) is 24.3 Å². The number of hydrogen-bond acceptors (Lipinski definition) is 2. The molecule has 0 bridgehead atoms. The fourth-order valence-electron chi connectivity index (χ4n) is 1.69. The highest BCUT2D eigenvalue weighted by molar-refractivity contribution is 6.32. The fraction of sp³-hybridized carbons (Fsp3) is 0.400. The van der Waals surface area contributed by atoms with Crippen LogP contribution in [0, 0.1) is 0 Å². The molecule has 0 fully saturated rings. The van der Waals surface area contributed by atoms with E-state index in [0.717, 1.165) is 18.2 Å². The summed E-state index contributed by atoms with van der Waals surface area (Å²) in [6, 6.07) is 2.98. The molecule has 0 aliphatic carbocycles. The number of alkyl halides is 3. The van der Waals surface area contributed by atoms with Gasteiger partial charge in [-0.15, -0.1) is 0 Å². The molecule has 0 aromatic heterocycles. The quantitative estimate of drug-likeness (QED) is 0.583. The van der Waals surface area contributed by atoms with Gasteiger partial charge in [-0.3, -0.25) is 4.79 Å². The van der Waals surface area contributed by atoms with Crippen LogP contribution in [0.5, 0.6) is 0 Å². The van der Waals surface area contributed by atoms with Crippen molar-refractivity contribution in [1.82, 2.24) is 4.90 Å². The third kappa shape index (κ3) is 5.69. The Morgan fingerprint density at radius 2 is 2.09 bits per heavy atom. The Morgan fingerprint density at radius 1 is 1.41 bits per heavy atom. The van der Waals surface area contributed by atoms with Crippen molar-refractivity contribution in [3.05, 3.63) is 40.4 Å². The first-order chi connectivity index (χ1) is 10.3. The van der Waals surface area contributed by atoms with Gasteiger partial charge in [0.15, 0.2) is 0 Å². The second-order valence-electron chi connectivity index (χ2n) is 4.67. The van der Waals surface area contributed by atoms with Crippen molar-refractivity contribution in [2.45, 2.75) is 12.6 Å². The molecule has 3 nitrogen and oxygen atoms in total. The summed E-state index contributed by atoms with van der Waals surface area (Å²) in [5, 5.41) is 0.152. The molecule has 0 saturated heterocycles. The van der Waals surface area contributed by atoms with Crippen LogP contribution < -0.4 is 0 Å². The zero-order chi connectivity index (χ0) is 16.8. The summed E-state index contributed by atoms with van der Waals surface area (Å²) in [7, 11) is 3.17. The van der Waals surface area contributed by atoms with Crippen LogP contribution in [0.1, 0.15) is 17.5 Å². The fourth-order valence-corrected chi connectivity index (χ4v) is 1.87. The van der Waals surface area contributed by atoms with Crippen molar-refractivity contribution < 1.29 is 22.7 Å². The first kappa shape index (κ1) is 18.5. The summed E-state index contributed by atoms with van der Waals surface area (Å²) in [6.07, 6.45) is -1.29. The number of amides is 1. The lowest BCUT2D eigenvalue weighted by Crippen LogP contribution is -2.26. The maximum Gasteiger partial charge on any atom is 0.416 e. The second-order valence-corrected chi connectivity index (χ2v) is 5.08. The summed E-state index contributed by atoms with van der Waals surface area (Å²) < 4.78 is 42.8. The van der Waals surface area contributed by atoms with E-state index < -0.39 is 11.7 Å². The number of halogens is 4. The van der Waals surface area contributed by atoms with Crippen molar-refractivity contribution in [3.8, 4) is 0 Å². The lowest BCUT2D eigenvalue weighted by Gasteiger charge is -2.14. The van der Waals surface area contributed by atoms with Crippen LogP contribution in [0.4, 0.5) is 13.2 Å². The van der Waals surface area contributed by atoms with E-state index in [2.05, 4.69) is 0 Å². The summed E-state index contributed by atoms with van der Waals surface area (Å²) in [4.78, 5) is 13.3. The highest BCUT2D eigenvalue weighted by Crippen LogP contribution is 2.32. The van der Waals surface area contributed by atoms with Crippen molar-refractivity contribution in [2.24, 2.45) is 0 Å². The third-order valence-corrected chi connectivity index (χ3v) is 3.29. The molecule has 1 aromatic carbocycles. The van der Waals surface area contributed by atoms with Gasteiger partial charge < -0.3 is 9.64 Å². The number of methoxy groups -OCH3 is 1. The second kappa shape index (κ2) is 8.19. The largest absolute Gasteiger partial charge is 0.416 e. The van der Waals surface area contributed by atoms with E-state index in [1.165, 1.54) is 17.1 Å². The monoisotopic (exact) mass is 335 g/mol. The highest BCUT2D eigenvalue weighted by atomic mass is 35.5. The van der Waals surface area contributed by atoms with Crippen LogP contribution in [-0.2, 0) is 15.7 Å². The van der Waals surface area contributed by atoms with Crippen LogP contribution in [0.2, 0.25) is 5.02 Å². The van der Waals surface area contributed by atoms with Crippen molar-refractivity contribution in [1.29, 1.82) is 0 Å². The van der Waals surface area contributed by atoms with Crippen molar-refractivity contribution in [3.63, 3.8) is 0 Å².